The van der Waals surface area contributed by atoms with Gasteiger partial charge in [-0.3, -0.25) is 0 Å². The molecule has 0 aromatic carbocycles. The number of hydrogen-bond acceptors (Lipinski definition) is 6. The first-order chi connectivity index (χ1) is 12.1. The summed E-state index contributed by atoms with van der Waals surface area (Å²) in [5.41, 5.74) is 13.4. The second kappa shape index (κ2) is 6.35. The molecule has 4 heterocycles. The van der Waals surface area contributed by atoms with Gasteiger partial charge in [0.05, 0.1) is 16.4 Å². The third-order valence-electron chi connectivity index (χ3n) is 5.11. The van der Waals surface area contributed by atoms with E-state index in [1.807, 2.05) is 24.5 Å². The Kier molecular flexibility index (Phi) is 4.17. The van der Waals surface area contributed by atoms with E-state index in [0.717, 1.165) is 59.0 Å². The number of nitrogens with one attached hydrogen (secondary N) is 1. The first kappa shape index (κ1) is 16.4. The van der Waals surface area contributed by atoms with Gasteiger partial charge >= 0.3 is 0 Å². The number of hydrogen-bond donors (Lipinski definition) is 2. The monoisotopic (exact) mass is 399 g/mol. The number of hydrazine groups is 1. The number of aromatic nitrogens is 3. The first-order valence-electron chi connectivity index (χ1n) is 8.48. The van der Waals surface area contributed by atoms with Crippen molar-refractivity contribution in [2.75, 3.05) is 19.3 Å². The van der Waals surface area contributed by atoms with Crippen LogP contribution in [-0.4, -0.2) is 39.9 Å². The van der Waals surface area contributed by atoms with Gasteiger partial charge in [-0.15, -0.1) is 0 Å². The molecular weight excluding hydrogens is 381 g/mol. The van der Waals surface area contributed by atoms with Crippen LogP contribution in [0.2, 0.25) is 12.6 Å². The van der Waals surface area contributed by atoms with Gasteiger partial charge in [-0.05, 0) is 33.8 Å². The number of nitrogen functional groups attached to an aromatic ring is 1. The summed E-state index contributed by atoms with van der Waals surface area (Å²) in [6.07, 6.45) is 7.77. The zero-order chi connectivity index (χ0) is 17.6. The largest absolute Gasteiger partial charge is 0.383 e. The van der Waals surface area contributed by atoms with Crippen molar-refractivity contribution in [3.8, 4) is 5.97 Å². The lowest BCUT2D eigenvalue weighted by Gasteiger charge is -2.24. The Morgan fingerprint density at radius 3 is 3.08 bits per heavy atom. The molecule has 2 aliphatic heterocycles. The summed E-state index contributed by atoms with van der Waals surface area (Å²) in [6, 6.07) is 0. The number of nitrogens with zero attached hydrogens (tertiary/aromatic N) is 5. The minimum Gasteiger partial charge on any atom is -0.383 e. The van der Waals surface area contributed by atoms with E-state index in [4.69, 9.17) is 10.7 Å². The van der Waals surface area contributed by atoms with Crippen molar-refractivity contribution in [3.63, 3.8) is 0 Å². The van der Waals surface area contributed by atoms with Crippen LogP contribution in [0.5, 0.6) is 0 Å². The molecule has 0 aliphatic carbocycles. The van der Waals surface area contributed by atoms with Crippen LogP contribution in [0.4, 0.5) is 5.82 Å². The fraction of sp³-hybridized carbons (Fsp3) is 0.438. The van der Waals surface area contributed by atoms with Crippen molar-refractivity contribution < 1.29 is 0 Å². The summed E-state index contributed by atoms with van der Waals surface area (Å²) >= 11 is 3.61. The standard InChI is InChI=1S/C16H19BBrN7/c1-24-8-11(6-21-24)12-7-22-25-15(20)13(18)14(23-16(12)25)10-3-2-4-17(5-10)9-19/h7-8,10,21H,2-6,20H2,1H3. The third kappa shape index (κ3) is 2.79. The molecule has 1 unspecified atom stereocenters. The van der Waals surface area contributed by atoms with Crippen molar-refractivity contribution in [1.82, 2.24) is 25.0 Å². The second-order valence-corrected chi connectivity index (χ2v) is 7.57. The van der Waals surface area contributed by atoms with Gasteiger partial charge < -0.3 is 10.7 Å². The van der Waals surface area contributed by atoms with Crippen molar-refractivity contribution in [2.24, 2.45) is 0 Å². The molecule has 2 aromatic rings. The van der Waals surface area contributed by atoms with Crippen molar-refractivity contribution in [1.29, 1.82) is 5.26 Å². The van der Waals surface area contributed by atoms with Crippen LogP contribution < -0.4 is 11.2 Å². The van der Waals surface area contributed by atoms with E-state index in [-0.39, 0.29) is 12.6 Å². The summed E-state index contributed by atoms with van der Waals surface area (Å²) in [4.78, 5) is 4.93. The Bertz CT molecular complexity index is 900. The van der Waals surface area contributed by atoms with E-state index >= 15 is 0 Å². The van der Waals surface area contributed by atoms with Gasteiger partial charge in [-0.2, -0.15) is 9.61 Å². The molecule has 25 heavy (non-hydrogen) atoms. The molecule has 0 spiro atoms. The zero-order valence-corrected chi connectivity index (χ0v) is 15.6. The van der Waals surface area contributed by atoms with Crippen LogP contribution >= 0.6 is 15.9 Å². The summed E-state index contributed by atoms with van der Waals surface area (Å²) in [5, 5.41) is 15.6. The van der Waals surface area contributed by atoms with Crippen LogP contribution in [0.1, 0.15) is 30.0 Å². The Morgan fingerprint density at radius 2 is 2.36 bits per heavy atom. The molecule has 0 amide bonds. The minimum atomic E-state index is 0.102. The number of anilines is 1. The molecule has 7 nitrogen and oxygen atoms in total. The minimum absolute atomic E-state index is 0.102. The Morgan fingerprint density at radius 1 is 1.52 bits per heavy atom. The normalized spacial score (nSPS) is 20.8. The van der Waals surface area contributed by atoms with Crippen molar-refractivity contribution >= 4 is 39.7 Å². The third-order valence-corrected chi connectivity index (χ3v) is 5.92. The maximum absolute atomic E-state index is 9.29. The fourth-order valence-electron chi connectivity index (χ4n) is 3.77. The average Bonchev–Trinajstić information content (AvgIpc) is 3.24. The Hall–Kier alpha value is -2.05. The van der Waals surface area contributed by atoms with Gasteiger partial charge in [-0.1, -0.05) is 19.1 Å². The summed E-state index contributed by atoms with van der Waals surface area (Å²) in [5.74, 6) is 3.23. The van der Waals surface area contributed by atoms with Crippen molar-refractivity contribution in [2.45, 2.75) is 31.4 Å². The molecule has 2 aliphatic rings. The van der Waals surface area contributed by atoms with Crippen LogP contribution in [-0.2, 0) is 0 Å². The Balaban J connectivity index is 1.81. The molecule has 1 saturated heterocycles. The summed E-state index contributed by atoms with van der Waals surface area (Å²) in [6.45, 7) is 0.842. The predicted molar refractivity (Wildman–Crippen MR) is 102 cm³/mol. The summed E-state index contributed by atoms with van der Waals surface area (Å²) in [7, 11) is 1.96. The maximum atomic E-state index is 9.29. The van der Waals surface area contributed by atoms with E-state index in [1.165, 1.54) is 0 Å². The van der Waals surface area contributed by atoms with E-state index in [9.17, 15) is 5.26 Å². The smallest absolute Gasteiger partial charge is 0.268 e. The highest BCUT2D eigenvalue weighted by Crippen LogP contribution is 2.39. The number of nitriles is 1. The molecule has 2 aromatic heterocycles. The van der Waals surface area contributed by atoms with Gasteiger partial charge in [0.2, 0.25) is 0 Å². The van der Waals surface area contributed by atoms with Gasteiger partial charge in [0, 0.05) is 31.3 Å². The van der Waals surface area contributed by atoms with Crippen LogP contribution in [0.15, 0.2) is 16.9 Å². The average molecular weight is 400 g/mol. The van der Waals surface area contributed by atoms with Crippen molar-refractivity contribution in [3.05, 3.63) is 28.1 Å². The summed E-state index contributed by atoms with van der Waals surface area (Å²) < 4.78 is 2.49. The number of rotatable bonds is 2. The molecule has 0 saturated carbocycles. The number of halogens is 1. The molecule has 128 valence electrons. The molecule has 1 fully saturated rings. The number of fused-ring (bicyclic) bond motifs is 1. The lowest BCUT2D eigenvalue weighted by Crippen LogP contribution is -2.23. The van der Waals surface area contributed by atoms with Gasteiger partial charge in [0.1, 0.15) is 5.82 Å². The van der Waals surface area contributed by atoms with Crippen LogP contribution in [0, 0.1) is 11.2 Å². The molecule has 0 bridgehead atoms. The molecule has 4 rings (SSSR count). The lowest BCUT2D eigenvalue weighted by molar-refractivity contribution is 0.374. The molecule has 3 N–H and O–H groups in total. The highest BCUT2D eigenvalue weighted by Gasteiger charge is 2.30. The second-order valence-electron chi connectivity index (χ2n) is 6.78. The van der Waals surface area contributed by atoms with E-state index < -0.39 is 0 Å². The Labute approximate surface area is 155 Å². The van der Waals surface area contributed by atoms with E-state index in [1.54, 1.807) is 4.52 Å². The SMILES string of the molecule is CN1C=C(c2cnn3c(N)c(Br)c(C4CCCB(C#N)C4)nc23)CN1. The van der Waals surface area contributed by atoms with E-state index in [2.05, 4.69) is 32.4 Å². The zero-order valence-electron chi connectivity index (χ0n) is 14.0. The lowest BCUT2D eigenvalue weighted by atomic mass is 9.41. The van der Waals surface area contributed by atoms with E-state index in [0.29, 0.717) is 5.82 Å². The van der Waals surface area contributed by atoms with Gasteiger partial charge in [-0.25, -0.2) is 15.7 Å². The van der Waals surface area contributed by atoms with Gasteiger partial charge in [0.15, 0.2) is 5.65 Å². The molecule has 9 heteroatoms. The maximum Gasteiger partial charge on any atom is 0.268 e. The molecular formula is C16H19BBrN7. The molecule has 0 radical (unpaired) electrons. The quantitative estimate of drug-likeness (QED) is 0.752. The molecule has 1 atom stereocenters. The van der Waals surface area contributed by atoms with Crippen LogP contribution in [0.25, 0.3) is 11.2 Å². The highest BCUT2D eigenvalue weighted by atomic mass is 79.9. The highest BCUT2D eigenvalue weighted by molar-refractivity contribution is 9.10. The van der Waals surface area contributed by atoms with Gasteiger partial charge in [0.25, 0.3) is 6.71 Å². The first-order valence-corrected chi connectivity index (χ1v) is 9.27. The number of nitrogens with two attached hydrogens (primary N) is 1. The topological polar surface area (TPSA) is 95.3 Å². The predicted octanol–water partition coefficient (Wildman–Crippen LogP) is 2.30. The van der Waals surface area contributed by atoms with Crippen LogP contribution in [0.3, 0.4) is 0 Å². The fourth-order valence-corrected chi connectivity index (χ4v) is 4.35.